The van der Waals surface area contributed by atoms with Gasteiger partial charge >= 0.3 is 5.97 Å². The number of carbonyl (C=O) groups is 1. The van der Waals surface area contributed by atoms with Gasteiger partial charge in [-0.05, 0) is 57.5 Å². The van der Waals surface area contributed by atoms with E-state index >= 15 is 0 Å². The van der Waals surface area contributed by atoms with Crippen LogP contribution >= 0.6 is 0 Å². The predicted molar refractivity (Wildman–Crippen MR) is 73.3 cm³/mol. The molecule has 3 N–H and O–H groups in total. The fraction of sp³-hybridized carbons (Fsp3) is 0.929. The quantitative estimate of drug-likeness (QED) is 0.513. The summed E-state index contributed by atoms with van der Waals surface area (Å²) in [5.74, 6) is 0.407. The van der Waals surface area contributed by atoms with E-state index in [2.05, 4.69) is 19.2 Å². The highest BCUT2D eigenvalue weighted by atomic mass is 16.5. The first-order chi connectivity index (χ1) is 8.63. The number of carbonyl (C=O) groups excluding carboxylic acids is 1. The van der Waals surface area contributed by atoms with Crippen LogP contribution in [0.2, 0.25) is 0 Å². The minimum Gasteiger partial charge on any atom is -0.461 e. The van der Waals surface area contributed by atoms with Crippen molar-refractivity contribution in [1.29, 1.82) is 0 Å². The van der Waals surface area contributed by atoms with Gasteiger partial charge < -0.3 is 15.8 Å². The van der Waals surface area contributed by atoms with E-state index < -0.39 is 0 Å². The van der Waals surface area contributed by atoms with Crippen molar-refractivity contribution in [2.24, 2.45) is 11.7 Å². The van der Waals surface area contributed by atoms with Gasteiger partial charge in [0.2, 0.25) is 0 Å². The van der Waals surface area contributed by atoms with E-state index in [1.807, 2.05) is 0 Å². The molecule has 0 aromatic heterocycles. The number of nitrogens with one attached hydrogen (secondary N) is 1. The van der Waals surface area contributed by atoms with Gasteiger partial charge in [-0.3, -0.25) is 4.79 Å². The predicted octanol–water partition coefficient (Wildman–Crippen LogP) is 1.83. The standard InChI is InChI=1S/C14H28N2O2/c1-11(2)10-13(16-9-5-8-15)14(17)18-12-6-3-4-7-12/h11-13,16H,3-10,15H2,1-2H3/t13-/m0/s1. The Morgan fingerprint density at radius 2 is 2.06 bits per heavy atom. The van der Waals surface area contributed by atoms with E-state index in [-0.39, 0.29) is 18.1 Å². The first-order valence-corrected chi connectivity index (χ1v) is 7.27. The van der Waals surface area contributed by atoms with Gasteiger partial charge in [-0.15, -0.1) is 0 Å². The molecule has 0 aromatic rings. The molecule has 4 nitrogen and oxygen atoms in total. The molecule has 1 aliphatic rings. The third-order valence-corrected chi connectivity index (χ3v) is 3.35. The molecule has 0 aromatic carbocycles. The van der Waals surface area contributed by atoms with Crippen LogP contribution in [0.1, 0.15) is 52.4 Å². The maximum atomic E-state index is 12.1. The highest BCUT2D eigenvalue weighted by Crippen LogP contribution is 2.22. The molecule has 0 heterocycles. The Balaban J connectivity index is 2.38. The van der Waals surface area contributed by atoms with Crippen molar-refractivity contribution in [2.75, 3.05) is 13.1 Å². The topological polar surface area (TPSA) is 64.3 Å². The molecule has 1 aliphatic carbocycles. The van der Waals surface area contributed by atoms with Crippen molar-refractivity contribution in [3.05, 3.63) is 0 Å². The monoisotopic (exact) mass is 256 g/mol. The summed E-state index contributed by atoms with van der Waals surface area (Å²) in [5.41, 5.74) is 5.47. The van der Waals surface area contributed by atoms with Gasteiger partial charge in [-0.2, -0.15) is 0 Å². The molecular weight excluding hydrogens is 228 g/mol. The average molecular weight is 256 g/mol. The SMILES string of the molecule is CC(C)C[C@H](NCCCN)C(=O)OC1CCCC1. The largest absolute Gasteiger partial charge is 0.461 e. The number of nitrogens with two attached hydrogens (primary N) is 1. The molecule has 0 amide bonds. The first-order valence-electron chi connectivity index (χ1n) is 7.27. The van der Waals surface area contributed by atoms with E-state index in [1.165, 1.54) is 12.8 Å². The van der Waals surface area contributed by atoms with E-state index in [9.17, 15) is 4.79 Å². The zero-order valence-corrected chi connectivity index (χ0v) is 11.8. The summed E-state index contributed by atoms with van der Waals surface area (Å²) in [6, 6.07) is -0.169. The summed E-state index contributed by atoms with van der Waals surface area (Å²) in [4.78, 5) is 12.1. The fourth-order valence-electron chi connectivity index (χ4n) is 2.37. The van der Waals surface area contributed by atoms with Gasteiger partial charge in [0.05, 0.1) is 0 Å². The lowest BCUT2D eigenvalue weighted by atomic mass is 10.0. The van der Waals surface area contributed by atoms with Crippen molar-refractivity contribution in [1.82, 2.24) is 5.32 Å². The van der Waals surface area contributed by atoms with Gasteiger partial charge in [0.1, 0.15) is 12.1 Å². The van der Waals surface area contributed by atoms with E-state index in [4.69, 9.17) is 10.5 Å². The molecule has 0 radical (unpaired) electrons. The second-order valence-corrected chi connectivity index (χ2v) is 5.62. The van der Waals surface area contributed by atoms with Gasteiger partial charge in [-0.1, -0.05) is 13.8 Å². The van der Waals surface area contributed by atoms with Crippen LogP contribution in [0.5, 0.6) is 0 Å². The lowest BCUT2D eigenvalue weighted by Crippen LogP contribution is -2.41. The molecule has 1 saturated carbocycles. The highest BCUT2D eigenvalue weighted by molar-refractivity contribution is 5.76. The Hall–Kier alpha value is -0.610. The van der Waals surface area contributed by atoms with Crippen molar-refractivity contribution < 1.29 is 9.53 Å². The lowest BCUT2D eigenvalue weighted by Gasteiger charge is -2.21. The van der Waals surface area contributed by atoms with Crippen molar-refractivity contribution in [3.63, 3.8) is 0 Å². The van der Waals surface area contributed by atoms with Crippen LogP contribution < -0.4 is 11.1 Å². The summed E-state index contributed by atoms with van der Waals surface area (Å²) >= 11 is 0. The van der Waals surface area contributed by atoms with Crippen molar-refractivity contribution in [2.45, 2.75) is 64.5 Å². The Kier molecular flexibility index (Phi) is 7.28. The van der Waals surface area contributed by atoms with E-state index in [0.717, 1.165) is 32.2 Å². The molecule has 0 saturated heterocycles. The second kappa shape index (κ2) is 8.48. The highest BCUT2D eigenvalue weighted by Gasteiger charge is 2.25. The Morgan fingerprint density at radius 3 is 2.61 bits per heavy atom. The zero-order valence-electron chi connectivity index (χ0n) is 11.8. The van der Waals surface area contributed by atoms with E-state index in [0.29, 0.717) is 12.5 Å². The van der Waals surface area contributed by atoms with Gasteiger partial charge in [0.15, 0.2) is 0 Å². The third kappa shape index (κ3) is 5.83. The molecule has 18 heavy (non-hydrogen) atoms. The molecule has 0 aliphatic heterocycles. The zero-order chi connectivity index (χ0) is 13.4. The van der Waals surface area contributed by atoms with Crippen molar-refractivity contribution >= 4 is 5.97 Å². The maximum Gasteiger partial charge on any atom is 0.323 e. The molecule has 0 spiro atoms. The Morgan fingerprint density at radius 1 is 1.39 bits per heavy atom. The normalized spacial score (nSPS) is 18.2. The van der Waals surface area contributed by atoms with Crippen LogP contribution in [0.4, 0.5) is 0 Å². The number of hydrogen-bond donors (Lipinski definition) is 2. The summed E-state index contributed by atoms with van der Waals surface area (Å²) < 4.78 is 5.57. The number of ether oxygens (including phenoxy) is 1. The second-order valence-electron chi connectivity index (χ2n) is 5.62. The summed E-state index contributed by atoms with van der Waals surface area (Å²) in [6.45, 7) is 5.69. The van der Waals surface area contributed by atoms with Crippen LogP contribution in [0.3, 0.4) is 0 Å². The Bertz CT molecular complexity index is 238. The minimum atomic E-state index is -0.169. The Labute approximate surface area is 111 Å². The average Bonchev–Trinajstić information content (AvgIpc) is 2.80. The number of hydrogen-bond acceptors (Lipinski definition) is 4. The number of esters is 1. The van der Waals surface area contributed by atoms with Crippen LogP contribution in [-0.2, 0) is 9.53 Å². The molecule has 1 rings (SSSR count). The van der Waals surface area contributed by atoms with E-state index in [1.54, 1.807) is 0 Å². The minimum absolute atomic E-state index is 0.0763. The molecule has 0 unspecified atom stereocenters. The summed E-state index contributed by atoms with van der Waals surface area (Å²) in [5, 5.41) is 3.27. The summed E-state index contributed by atoms with van der Waals surface area (Å²) in [6.07, 6.45) is 6.32. The van der Waals surface area contributed by atoms with Crippen LogP contribution in [0, 0.1) is 5.92 Å². The lowest BCUT2D eigenvalue weighted by molar-refractivity contribution is -0.151. The van der Waals surface area contributed by atoms with Gasteiger partial charge in [0.25, 0.3) is 0 Å². The molecular formula is C14H28N2O2. The fourth-order valence-corrected chi connectivity index (χ4v) is 2.37. The number of rotatable bonds is 8. The molecule has 106 valence electrons. The molecule has 0 bridgehead atoms. The summed E-state index contributed by atoms with van der Waals surface area (Å²) in [7, 11) is 0. The smallest absolute Gasteiger partial charge is 0.323 e. The molecule has 1 atom stereocenters. The maximum absolute atomic E-state index is 12.1. The first kappa shape index (κ1) is 15.4. The molecule has 4 heteroatoms. The third-order valence-electron chi connectivity index (χ3n) is 3.35. The van der Waals surface area contributed by atoms with Gasteiger partial charge in [-0.25, -0.2) is 0 Å². The molecule has 1 fully saturated rings. The van der Waals surface area contributed by atoms with Crippen LogP contribution in [0.25, 0.3) is 0 Å². The van der Waals surface area contributed by atoms with Crippen LogP contribution in [-0.4, -0.2) is 31.2 Å². The van der Waals surface area contributed by atoms with Crippen LogP contribution in [0.15, 0.2) is 0 Å². The van der Waals surface area contributed by atoms with Crippen molar-refractivity contribution in [3.8, 4) is 0 Å². The van der Waals surface area contributed by atoms with Gasteiger partial charge in [0, 0.05) is 0 Å².